The first-order chi connectivity index (χ1) is 16.9. The number of nitrogens with zero attached hydrogens (tertiary/aromatic N) is 1. The molecule has 9 heteroatoms. The molecule has 0 aliphatic rings. The molecule has 35 heavy (non-hydrogen) atoms. The van der Waals surface area contributed by atoms with Crippen LogP contribution in [0.25, 0.3) is 6.08 Å². The summed E-state index contributed by atoms with van der Waals surface area (Å²) in [5, 5.41) is 16.4. The SMILES string of the molecule is COc1ccc(C=NNC(=O)C(=Cc2ccc(OC)c(OC)c2)NC(=O)c2ccccc2)cc1O. The van der Waals surface area contributed by atoms with Crippen molar-refractivity contribution in [3.63, 3.8) is 0 Å². The fourth-order valence-electron chi connectivity index (χ4n) is 3.06. The molecule has 3 rings (SSSR count). The van der Waals surface area contributed by atoms with Gasteiger partial charge in [0.2, 0.25) is 0 Å². The number of methoxy groups -OCH3 is 3. The van der Waals surface area contributed by atoms with E-state index < -0.39 is 11.8 Å². The number of carbonyl (C=O) groups excluding carboxylic acids is 2. The first-order valence-corrected chi connectivity index (χ1v) is 10.5. The van der Waals surface area contributed by atoms with Crippen LogP contribution < -0.4 is 25.0 Å². The molecule has 0 atom stereocenters. The number of amides is 2. The first kappa shape index (κ1) is 24.8. The van der Waals surface area contributed by atoms with Crippen molar-refractivity contribution in [3.8, 4) is 23.0 Å². The van der Waals surface area contributed by atoms with Crippen molar-refractivity contribution < 1.29 is 28.9 Å². The van der Waals surface area contributed by atoms with Crippen LogP contribution in [0.3, 0.4) is 0 Å². The molecule has 0 fully saturated rings. The van der Waals surface area contributed by atoms with Crippen molar-refractivity contribution in [3.05, 3.63) is 89.1 Å². The molecule has 0 unspecified atom stereocenters. The normalized spacial score (nSPS) is 11.1. The van der Waals surface area contributed by atoms with Crippen molar-refractivity contribution in [2.24, 2.45) is 5.10 Å². The lowest BCUT2D eigenvalue weighted by Crippen LogP contribution is -2.32. The Kier molecular flexibility index (Phi) is 8.44. The van der Waals surface area contributed by atoms with Gasteiger partial charge in [0, 0.05) is 5.56 Å². The Hall–Kier alpha value is -4.79. The van der Waals surface area contributed by atoms with Crippen molar-refractivity contribution in [1.29, 1.82) is 0 Å². The Morgan fingerprint density at radius 2 is 1.49 bits per heavy atom. The summed E-state index contributed by atoms with van der Waals surface area (Å²) < 4.78 is 15.6. The van der Waals surface area contributed by atoms with E-state index in [0.717, 1.165) is 0 Å². The van der Waals surface area contributed by atoms with E-state index in [2.05, 4.69) is 15.8 Å². The molecule has 3 aromatic carbocycles. The van der Waals surface area contributed by atoms with Crippen LogP contribution in [0.4, 0.5) is 0 Å². The van der Waals surface area contributed by atoms with Crippen LogP contribution in [0.5, 0.6) is 23.0 Å². The Morgan fingerprint density at radius 3 is 2.14 bits per heavy atom. The zero-order valence-electron chi connectivity index (χ0n) is 19.4. The summed E-state index contributed by atoms with van der Waals surface area (Å²) in [6.07, 6.45) is 2.84. The maximum absolute atomic E-state index is 12.9. The monoisotopic (exact) mass is 475 g/mol. The predicted molar refractivity (Wildman–Crippen MR) is 132 cm³/mol. The van der Waals surface area contributed by atoms with E-state index in [9.17, 15) is 14.7 Å². The lowest BCUT2D eigenvalue weighted by atomic mass is 10.1. The second kappa shape index (κ2) is 11.9. The topological polar surface area (TPSA) is 118 Å². The van der Waals surface area contributed by atoms with Crippen molar-refractivity contribution in [2.45, 2.75) is 0 Å². The van der Waals surface area contributed by atoms with Crippen LogP contribution in [-0.2, 0) is 4.79 Å². The lowest BCUT2D eigenvalue weighted by Gasteiger charge is -2.11. The molecule has 3 aromatic rings. The summed E-state index contributed by atoms with van der Waals surface area (Å²) in [6.45, 7) is 0. The first-order valence-electron chi connectivity index (χ1n) is 10.5. The van der Waals surface area contributed by atoms with Crippen molar-refractivity contribution in [1.82, 2.24) is 10.7 Å². The number of aromatic hydroxyl groups is 1. The number of nitrogens with one attached hydrogen (secondary N) is 2. The van der Waals surface area contributed by atoms with Crippen molar-refractivity contribution >= 4 is 24.1 Å². The molecule has 0 saturated carbocycles. The van der Waals surface area contributed by atoms with E-state index in [4.69, 9.17) is 14.2 Å². The Labute approximate surface area is 202 Å². The number of hydrogen-bond acceptors (Lipinski definition) is 7. The average Bonchev–Trinajstić information content (AvgIpc) is 2.88. The van der Waals surface area contributed by atoms with E-state index in [1.807, 2.05) is 0 Å². The third-order valence-corrected chi connectivity index (χ3v) is 4.83. The summed E-state index contributed by atoms with van der Waals surface area (Å²) in [6, 6.07) is 18.2. The molecule has 0 bridgehead atoms. The van der Waals surface area contributed by atoms with Gasteiger partial charge in [-0.25, -0.2) is 5.43 Å². The van der Waals surface area contributed by atoms with E-state index in [0.29, 0.717) is 33.9 Å². The molecule has 0 radical (unpaired) electrons. The summed E-state index contributed by atoms with van der Waals surface area (Å²) in [4.78, 5) is 25.6. The van der Waals surface area contributed by atoms with Crippen LogP contribution in [0, 0.1) is 0 Å². The van der Waals surface area contributed by atoms with Gasteiger partial charge >= 0.3 is 0 Å². The maximum atomic E-state index is 12.9. The molecule has 9 nitrogen and oxygen atoms in total. The lowest BCUT2D eigenvalue weighted by molar-refractivity contribution is -0.117. The number of ether oxygens (including phenoxy) is 3. The van der Waals surface area contributed by atoms with Gasteiger partial charge < -0.3 is 24.6 Å². The Morgan fingerprint density at radius 1 is 0.829 bits per heavy atom. The molecule has 3 N–H and O–H groups in total. The quantitative estimate of drug-likeness (QED) is 0.248. The van der Waals surface area contributed by atoms with Crippen LogP contribution in [0.1, 0.15) is 21.5 Å². The number of benzene rings is 3. The van der Waals surface area contributed by atoms with Gasteiger partial charge in [-0.15, -0.1) is 0 Å². The molecule has 0 heterocycles. The molecule has 0 saturated heterocycles. The highest BCUT2D eigenvalue weighted by molar-refractivity contribution is 6.05. The van der Waals surface area contributed by atoms with E-state index in [-0.39, 0.29) is 11.4 Å². The fraction of sp³-hybridized carbons (Fsp3) is 0.115. The minimum Gasteiger partial charge on any atom is -0.504 e. The van der Waals surface area contributed by atoms with Crippen LogP contribution >= 0.6 is 0 Å². The molecule has 0 aliphatic heterocycles. The summed E-state index contributed by atoms with van der Waals surface area (Å²) >= 11 is 0. The second-order valence-corrected chi connectivity index (χ2v) is 7.12. The van der Waals surface area contributed by atoms with Gasteiger partial charge in [-0.3, -0.25) is 9.59 Å². The van der Waals surface area contributed by atoms with Crippen LogP contribution in [0.2, 0.25) is 0 Å². The summed E-state index contributed by atoms with van der Waals surface area (Å²) in [5.41, 5.74) is 3.85. The molecular weight excluding hydrogens is 450 g/mol. The molecule has 180 valence electrons. The second-order valence-electron chi connectivity index (χ2n) is 7.12. The highest BCUT2D eigenvalue weighted by Gasteiger charge is 2.15. The van der Waals surface area contributed by atoms with E-state index >= 15 is 0 Å². The van der Waals surface area contributed by atoms with Gasteiger partial charge in [0.05, 0.1) is 27.5 Å². The largest absolute Gasteiger partial charge is 0.504 e. The molecule has 0 aromatic heterocycles. The standard InChI is InChI=1S/C26H25N3O6/c1-33-22-11-10-18(14-21(22)30)16-27-29-26(32)20(28-25(31)19-7-5-4-6-8-19)13-17-9-12-23(34-2)24(15-17)35-3/h4-16,30H,1-3H3,(H,28,31)(H,29,32). The van der Waals surface area contributed by atoms with Gasteiger partial charge in [-0.1, -0.05) is 24.3 Å². The summed E-state index contributed by atoms with van der Waals surface area (Å²) in [7, 11) is 4.47. The van der Waals surface area contributed by atoms with Gasteiger partial charge in [-0.2, -0.15) is 5.10 Å². The number of phenolic OH excluding ortho intramolecular Hbond substituents is 1. The molecule has 0 aliphatic carbocycles. The number of carbonyl (C=O) groups is 2. The molecule has 2 amide bonds. The van der Waals surface area contributed by atoms with Gasteiger partial charge in [0.15, 0.2) is 23.0 Å². The number of phenols is 1. The Balaban J connectivity index is 1.85. The zero-order chi connectivity index (χ0) is 25.2. The predicted octanol–water partition coefficient (Wildman–Crippen LogP) is 3.34. The van der Waals surface area contributed by atoms with Gasteiger partial charge in [-0.05, 0) is 59.7 Å². The van der Waals surface area contributed by atoms with Gasteiger partial charge in [0.25, 0.3) is 11.8 Å². The molecular formula is C26H25N3O6. The van der Waals surface area contributed by atoms with E-state index in [1.165, 1.54) is 39.7 Å². The molecule has 0 spiro atoms. The third kappa shape index (κ3) is 6.61. The zero-order valence-corrected chi connectivity index (χ0v) is 19.4. The summed E-state index contributed by atoms with van der Waals surface area (Å²) in [5.74, 6) is 0.125. The minimum absolute atomic E-state index is 0.0409. The highest BCUT2D eigenvalue weighted by atomic mass is 16.5. The highest BCUT2D eigenvalue weighted by Crippen LogP contribution is 2.28. The van der Waals surface area contributed by atoms with Crippen LogP contribution in [-0.4, -0.2) is 44.5 Å². The minimum atomic E-state index is -0.655. The van der Waals surface area contributed by atoms with Crippen LogP contribution in [0.15, 0.2) is 77.5 Å². The van der Waals surface area contributed by atoms with E-state index in [1.54, 1.807) is 60.7 Å². The Bertz CT molecular complexity index is 1260. The third-order valence-electron chi connectivity index (χ3n) is 4.83. The number of hydrogen-bond donors (Lipinski definition) is 3. The van der Waals surface area contributed by atoms with Crippen molar-refractivity contribution in [2.75, 3.05) is 21.3 Å². The number of rotatable bonds is 9. The number of hydrazone groups is 1. The fourth-order valence-corrected chi connectivity index (χ4v) is 3.06. The maximum Gasteiger partial charge on any atom is 0.287 e. The van der Waals surface area contributed by atoms with Gasteiger partial charge in [0.1, 0.15) is 5.70 Å². The average molecular weight is 476 g/mol. The smallest absolute Gasteiger partial charge is 0.287 e.